The minimum atomic E-state index is 0.424. The van der Waals surface area contributed by atoms with Crippen molar-refractivity contribution in [1.82, 2.24) is 10.2 Å². The van der Waals surface area contributed by atoms with Gasteiger partial charge in [-0.1, -0.05) is 37.3 Å². The van der Waals surface area contributed by atoms with E-state index in [1.165, 1.54) is 11.1 Å². The van der Waals surface area contributed by atoms with Crippen molar-refractivity contribution >= 4 is 0 Å². The fourth-order valence-electron chi connectivity index (χ4n) is 2.44. The van der Waals surface area contributed by atoms with Gasteiger partial charge in [0, 0.05) is 18.2 Å². The maximum Gasteiger partial charge on any atom is 0.0947 e. The highest BCUT2D eigenvalue weighted by molar-refractivity contribution is 5.18. The summed E-state index contributed by atoms with van der Waals surface area (Å²) in [6, 6.07) is 13.1. The highest BCUT2D eigenvalue weighted by Gasteiger charge is 2.11. The van der Waals surface area contributed by atoms with Crippen LogP contribution in [0.2, 0.25) is 0 Å². The van der Waals surface area contributed by atoms with Gasteiger partial charge in [-0.15, -0.1) is 0 Å². The first-order valence-corrected chi connectivity index (χ1v) is 7.27. The molecular weight excluding hydrogens is 248 g/mol. The van der Waals surface area contributed by atoms with Crippen LogP contribution in [0.3, 0.4) is 0 Å². The molecule has 0 radical (unpaired) electrons. The third kappa shape index (κ3) is 4.51. The fourth-order valence-corrected chi connectivity index (χ4v) is 2.44. The average molecular weight is 272 g/mol. The van der Waals surface area contributed by atoms with Crippen LogP contribution in [0, 0.1) is 0 Å². The topological polar surface area (TPSA) is 28.4 Å². The van der Waals surface area contributed by atoms with Gasteiger partial charge in [-0.2, -0.15) is 0 Å². The summed E-state index contributed by atoms with van der Waals surface area (Å²) in [5, 5.41) is 3.57. The summed E-state index contributed by atoms with van der Waals surface area (Å²) in [6.45, 7) is 5.14. The zero-order valence-electron chi connectivity index (χ0n) is 12.4. The van der Waals surface area contributed by atoms with Gasteiger partial charge in [0.1, 0.15) is 0 Å². The minimum Gasteiger partial charge on any atom is -0.472 e. The Morgan fingerprint density at radius 2 is 2.00 bits per heavy atom. The fraction of sp³-hybridized carbons (Fsp3) is 0.412. The van der Waals surface area contributed by atoms with Gasteiger partial charge in [0.25, 0.3) is 0 Å². The summed E-state index contributed by atoms with van der Waals surface area (Å²) in [5.41, 5.74) is 2.60. The summed E-state index contributed by atoms with van der Waals surface area (Å²) in [5.74, 6) is 0. The lowest BCUT2D eigenvalue weighted by Gasteiger charge is -2.22. The van der Waals surface area contributed by atoms with E-state index in [0.717, 1.165) is 26.1 Å². The van der Waals surface area contributed by atoms with Crippen LogP contribution in [0.15, 0.2) is 53.3 Å². The van der Waals surface area contributed by atoms with Crippen LogP contribution in [0.1, 0.15) is 30.5 Å². The molecule has 0 fully saturated rings. The van der Waals surface area contributed by atoms with Crippen molar-refractivity contribution in [2.75, 3.05) is 20.1 Å². The smallest absolute Gasteiger partial charge is 0.0947 e. The Morgan fingerprint density at radius 1 is 1.20 bits per heavy atom. The zero-order valence-corrected chi connectivity index (χ0v) is 12.4. The van der Waals surface area contributed by atoms with Gasteiger partial charge < -0.3 is 14.6 Å². The first kappa shape index (κ1) is 14.8. The van der Waals surface area contributed by atoms with E-state index >= 15 is 0 Å². The lowest BCUT2D eigenvalue weighted by atomic mass is 10.0. The number of rotatable bonds is 8. The second-order valence-electron chi connectivity index (χ2n) is 5.18. The molecule has 0 aliphatic heterocycles. The molecule has 0 amide bonds. The molecule has 2 aromatic rings. The highest BCUT2D eigenvalue weighted by Crippen LogP contribution is 2.17. The summed E-state index contributed by atoms with van der Waals surface area (Å²) in [7, 11) is 2.15. The molecule has 1 unspecified atom stereocenters. The molecule has 0 bridgehead atoms. The first-order chi connectivity index (χ1) is 9.79. The van der Waals surface area contributed by atoms with Crippen molar-refractivity contribution in [2.24, 2.45) is 0 Å². The Kier molecular flexibility index (Phi) is 5.84. The van der Waals surface area contributed by atoms with Gasteiger partial charge >= 0.3 is 0 Å². The van der Waals surface area contributed by atoms with Gasteiger partial charge in [-0.05, 0) is 38.2 Å². The maximum atomic E-state index is 5.11. The molecule has 20 heavy (non-hydrogen) atoms. The van der Waals surface area contributed by atoms with Crippen molar-refractivity contribution in [3.63, 3.8) is 0 Å². The van der Waals surface area contributed by atoms with E-state index in [-0.39, 0.29) is 0 Å². The normalized spacial score (nSPS) is 12.8. The Hall–Kier alpha value is -1.58. The third-order valence-corrected chi connectivity index (χ3v) is 3.48. The van der Waals surface area contributed by atoms with Crippen LogP contribution in [-0.4, -0.2) is 25.0 Å². The lowest BCUT2D eigenvalue weighted by Crippen LogP contribution is -2.27. The number of hydrogen-bond acceptors (Lipinski definition) is 3. The van der Waals surface area contributed by atoms with Crippen molar-refractivity contribution in [3.05, 3.63) is 60.1 Å². The van der Waals surface area contributed by atoms with Gasteiger partial charge in [-0.25, -0.2) is 0 Å². The van der Waals surface area contributed by atoms with E-state index in [9.17, 15) is 0 Å². The molecule has 3 nitrogen and oxygen atoms in total. The van der Waals surface area contributed by atoms with Gasteiger partial charge in [0.05, 0.1) is 12.5 Å². The largest absolute Gasteiger partial charge is 0.472 e. The second kappa shape index (κ2) is 7.88. The molecule has 1 aromatic heterocycles. The Bertz CT molecular complexity index is 467. The van der Waals surface area contributed by atoms with Gasteiger partial charge in [-0.3, -0.25) is 0 Å². The van der Waals surface area contributed by atoms with E-state index in [0.29, 0.717) is 6.04 Å². The predicted molar refractivity (Wildman–Crippen MR) is 82.5 cm³/mol. The summed E-state index contributed by atoms with van der Waals surface area (Å²) in [4.78, 5) is 2.33. The molecule has 0 saturated heterocycles. The number of nitrogens with zero attached hydrogens (tertiary/aromatic N) is 1. The van der Waals surface area contributed by atoms with Crippen molar-refractivity contribution in [3.8, 4) is 0 Å². The molecule has 0 spiro atoms. The second-order valence-corrected chi connectivity index (χ2v) is 5.18. The van der Waals surface area contributed by atoms with E-state index in [1.807, 2.05) is 12.3 Å². The monoisotopic (exact) mass is 272 g/mol. The van der Waals surface area contributed by atoms with Crippen LogP contribution in [-0.2, 0) is 6.54 Å². The Morgan fingerprint density at radius 3 is 2.65 bits per heavy atom. The molecule has 0 aliphatic rings. The van der Waals surface area contributed by atoms with E-state index < -0.39 is 0 Å². The number of hydrogen-bond donors (Lipinski definition) is 1. The van der Waals surface area contributed by atoms with Crippen LogP contribution < -0.4 is 5.32 Å². The Balaban J connectivity index is 1.85. The molecule has 1 atom stereocenters. The van der Waals surface area contributed by atoms with Gasteiger partial charge in [0.2, 0.25) is 0 Å². The summed E-state index contributed by atoms with van der Waals surface area (Å²) < 4.78 is 5.11. The van der Waals surface area contributed by atoms with Crippen molar-refractivity contribution in [2.45, 2.75) is 25.9 Å². The molecule has 2 rings (SSSR count). The molecule has 0 aliphatic carbocycles. The quantitative estimate of drug-likeness (QED) is 0.798. The van der Waals surface area contributed by atoms with E-state index in [2.05, 4.69) is 54.5 Å². The Labute approximate surface area is 121 Å². The maximum absolute atomic E-state index is 5.11. The van der Waals surface area contributed by atoms with Crippen LogP contribution >= 0.6 is 0 Å². The van der Waals surface area contributed by atoms with Crippen molar-refractivity contribution in [1.29, 1.82) is 0 Å². The van der Waals surface area contributed by atoms with Crippen molar-refractivity contribution < 1.29 is 4.42 Å². The third-order valence-electron chi connectivity index (χ3n) is 3.48. The summed E-state index contributed by atoms with van der Waals surface area (Å²) >= 11 is 0. The molecule has 1 aromatic carbocycles. The standard InChI is InChI=1S/C17H24N2O/c1-3-18-17(16-7-5-4-6-8-16)9-11-19(2)13-15-10-12-20-14-15/h4-8,10,12,14,17-18H,3,9,11,13H2,1-2H3. The zero-order chi connectivity index (χ0) is 14.2. The molecule has 1 N–H and O–H groups in total. The number of nitrogens with one attached hydrogen (secondary N) is 1. The molecular formula is C17H24N2O. The SMILES string of the molecule is CCNC(CCN(C)Cc1ccoc1)c1ccccc1. The predicted octanol–water partition coefficient (Wildman–Crippen LogP) is 3.45. The molecule has 3 heteroatoms. The van der Waals surface area contributed by atoms with E-state index in [1.54, 1.807) is 6.26 Å². The van der Waals surface area contributed by atoms with E-state index in [4.69, 9.17) is 4.42 Å². The molecule has 108 valence electrons. The number of benzene rings is 1. The van der Waals surface area contributed by atoms with Crippen LogP contribution in [0.5, 0.6) is 0 Å². The van der Waals surface area contributed by atoms with Crippen LogP contribution in [0.25, 0.3) is 0 Å². The van der Waals surface area contributed by atoms with Gasteiger partial charge in [0.15, 0.2) is 0 Å². The first-order valence-electron chi connectivity index (χ1n) is 7.27. The lowest BCUT2D eigenvalue weighted by molar-refractivity contribution is 0.300. The minimum absolute atomic E-state index is 0.424. The average Bonchev–Trinajstić information content (AvgIpc) is 2.97. The number of furan rings is 1. The molecule has 0 saturated carbocycles. The van der Waals surface area contributed by atoms with Crippen LogP contribution in [0.4, 0.5) is 0 Å². The molecule has 1 heterocycles. The summed E-state index contributed by atoms with van der Waals surface area (Å²) in [6.07, 6.45) is 4.65. The highest BCUT2D eigenvalue weighted by atomic mass is 16.3.